The molecule has 0 saturated carbocycles. The molecule has 2 amide bonds. The van der Waals surface area contributed by atoms with E-state index in [1.807, 2.05) is 13.8 Å². The van der Waals surface area contributed by atoms with Crippen molar-refractivity contribution < 1.29 is 14.3 Å². The zero-order chi connectivity index (χ0) is 13.5. The first kappa shape index (κ1) is 13.9. The molecule has 1 rings (SSSR count). The standard InChI is InChI=1S/C11H16N4O3/c1-7(2)9(14-11(17)18-3)10(16)13-8-5-4-6-12-15-8/h4-7,9H,1-3H3,(H,14,17)(H,13,15,16)/t9-/m0/s1. The minimum atomic E-state index is -0.695. The normalized spacial score (nSPS) is 11.8. The van der Waals surface area contributed by atoms with E-state index in [1.54, 1.807) is 12.1 Å². The van der Waals surface area contributed by atoms with Gasteiger partial charge in [-0.1, -0.05) is 13.8 Å². The third-order valence-corrected chi connectivity index (χ3v) is 2.23. The van der Waals surface area contributed by atoms with Crippen molar-refractivity contribution in [1.29, 1.82) is 0 Å². The topological polar surface area (TPSA) is 93.2 Å². The number of amides is 2. The Labute approximate surface area is 105 Å². The summed E-state index contributed by atoms with van der Waals surface area (Å²) < 4.78 is 4.47. The van der Waals surface area contributed by atoms with Crippen LogP contribution in [-0.4, -0.2) is 35.3 Å². The lowest BCUT2D eigenvalue weighted by molar-refractivity contribution is -0.119. The lowest BCUT2D eigenvalue weighted by Crippen LogP contribution is -2.47. The number of aromatic nitrogens is 2. The quantitative estimate of drug-likeness (QED) is 0.826. The molecular formula is C11H16N4O3. The van der Waals surface area contributed by atoms with Gasteiger partial charge in [0.2, 0.25) is 5.91 Å². The Balaban J connectivity index is 2.68. The fraction of sp³-hybridized carbons (Fsp3) is 0.455. The number of anilines is 1. The monoisotopic (exact) mass is 252 g/mol. The fourth-order valence-electron chi connectivity index (χ4n) is 1.29. The molecule has 0 unspecified atom stereocenters. The number of alkyl carbamates (subject to hydrolysis) is 1. The maximum Gasteiger partial charge on any atom is 0.407 e. The van der Waals surface area contributed by atoms with Gasteiger partial charge in [-0.05, 0) is 18.1 Å². The van der Waals surface area contributed by atoms with E-state index in [0.29, 0.717) is 5.82 Å². The molecule has 0 radical (unpaired) electrons. The Kier molecular flexibility index (Phi) is 5.04. The maximum atomic E-state index is 12.0. The van der Waals surface area contributed by atoms with E-state index >= 15 is 0 Å². The molecule has 1 heterocycles. The van der Waals surface area contributed by atoms with E-state index in [0.717, 1.165) is 0 Å². The second-order valence-electron chi connectivity index (χ2n) is 3.96. The van der Waals surface area contributed by atoms with E-state index in [-0.39, 0.29) is 11.8 Å². The van der Waals surface area contributed by atoms with Crippen molar-refractivity contribution in [1.82, 2.24) is 15.5 Å². The zero-order valence-corrected chi connectivity index (χ0v) is 10.5. The zero-order valence-electron chi connectivity index (χ0n) is 10.5. The van der Waals surface area contributed by atoms with Crippen molar-refractivity contribution in [3.63, 3.8) is 0 Å². The van der Waals surface area contributed by atoms with E-state index in [4.69, 9.17) is 0 Å². The van der Waals surface area contributed by atoms with Crippen LogP contribution in [0.5, 0.6) is 0 Å². The minimum absolute atomic E-state index is 0.0826. The highest BCUT2D eigenvalue weighted by Crippen LogP contribution is 2.06. The molecule has 2 N–H and O–H groups in total. The molecule has 0 fully saturated rings. The van der Waals surface area contributed by atoms with Crippen LogP contribution in [-0.2, 0) is 9.53 Å². The summed E-state index contributed by atoms with van der Waals surface area (Å²) in [6.45, 7) is 3.63. The summed E-state index contributed by atoms with van der Waals surface area (Å²) in [5, 5.41) is 12.4. The Hall–Kier alpha value is -2.18. The molecule has 0 aliphatic heterocycles. The smallest absolute Gasteiger partial charge is 0.407 e. The highest BCUT2D eigenvalue weighted by atomic mass is 16.5. The molecule has 1 aromatic rings. The molecule has 7 heteroatoms. The van der Waals surface area contributed by atoms with Crippen molar-refractivity contribution >= 4 is 17.8 Å². The molecule has 1 atom stereocenters. The molecule has 18 heavy (non-hydrogen) atoms. The van der Waals surface area contributed by atoms with Crippen molar-refractivity contribution in [3.8, 4) is 0 Å². The van der Waals surface area contributed by atoms with Crippen LogP contribution >= 0.6 is 0 Å². The van der Waals surface area contributed by atoms with Gasteiger partial charge in [0.05, 0.1) is 7.11 Å². The number of methoxy groups -OCH3 is 1. The van der Waals surface area contributed by atoms with Crippen molar-refractivity contribution in [3.05, 3.63) is 18.3 Å². The van der Waals surface area contributed by atoms with E-state index in [2.05, 4.69) is 25.6 Å². The number of carbonyl (C=O) groups is 2. The first-order valence-electron chi connectivity index (χ1n) is 5.47. The second-order valence-corrected chi connectivity index (χ2v) is 3.96. The predicted molar refractivity (Wildman–Crippen MR) is 64.8 cm³/mol. The SMILES string of the molecule is COC(=O)N[C@H](C(=O)Nc1cccnn1)C(C)C. The van der Waals surface area contributed by atoms with Gasteiger partial charge in [0.1, 0.15) is 6.04 Å². The molecule has 0 bridgehead atoms. The Morgan fingerprint density at radius 1 is 1.39 bits per heavy atom. The van der Waals surface area contributed by atoms with Gasteiger partial charge in [-0.2, -0.15) is 5.10 Å². The fourth-order valence-corrected chi connectivity index (χ4v) is 1.29. The Morgan fingerprint density at radius 2 is 2.11 bits per heavy atom. The lowest BCUT2D eigenvalue weighted by Gasteiger charge is -2.20. The molecular weight excluding hydrogens is 236 g/mol. The second kappa shape index (κ2) is 6.53. The van der Waals surface area contributed by atoms with Gasteiger partial charge in [0.25, 0.3) is 0 Å². The average Bonchev–Trinajstić information content (AvgIpc) is 2.36. The largest absolute Gasteiger partial charge is 0.453 e. The van der Waals surface area contributed by atoms with Gasteiger partial charge < -0.3 is 15.4 Å². The highest BCUT2D eigenvalue weighted by Gasteiger charge is 2.24. The number of nitrogens with zero attached hydrogens (tertiary/aromatic N) is 2. The molecule has 7 nitrogen and oxygen atoms in total. The summed E-state index contributed by atoms with van der Waals surface area (Å²) in [6, 6.07) is 2.57. The summed E-state index contributed by atoms with van der Waals surface area (Å²) >= 11 is 0. The van der Waals surface area contributed by atoms with E-state index in [9.17, 15) is 9.59 Å². The summed E-state index contributed by atoms with van der Waals surface area (Å²) in [5.74, 6) is -0.114. The van der Waals surface area contributed by atoms with Crippen molar-refractivity contribution in [2.75, 3.05) is 12.4 Å². The van der Waals surface area contributed by atoms with Gasteiger partial charge in [-0.25, -0.2) is 4.79 Å². The summed E-state index contributed by atoms with van der Waals surface area (Å²) in [7, 11) is 1.24. The van der Waals surface area contributed by atoms with Crippen molar-refractivity contribution in [2.24, 2.45) is 5.92 Å². The first-order chi connectivity index (χ1) is 8.54. The lowest BCUT2D eigenvalue weighted by atomic mass is 10.0. The highest BCUT2D eigenvalue weighted by molar-refractivity contribution is 5.95. The van der Waals surface area contributed by atoms with Crippen LogP contribution in [0.25, 0.3) is 0 Å². The van der Waals surface area contributed by atoms with E-state index in [1.165, 1.54) is 13.3 Å². The van der Waals surface area contributed by atoms with Gasteiger partial charge in [-0.3, -0.25) is 4.79 Å². The number of hydrogen-bond acceptors (Lipinski definition) is 5. The van der Waals surface area contributed by atoms with Crippen LogP contribution in [0, 0.1) is 5.92 Å². The van der Waals surface area contributed by atoms with Crippen LogP contribution in [0.4, 0.5) is 10.6 Å². The average molecular weight is 252 g/mol. The van der Waals surface area contributed by atoms with Gasteiger partial charge in [-0.15, -0.1) is 5.10 Å². The predicted octanol–water partition coefficient (Wildman–Crippen LogP) is 0.796. The summed E-state index contributed by atoms with van der Waals surface area (Å²) in [4.78, 5) is 23.1. The molecule has 0 aliphatic rings. The molecule has 0 spiro atoms. The summed E-state index contributed by atoms with van der Waals surface area (Å²) in [6.07, 6.45) is 0.852. The van der Waals surface area contributed by atoms with Gasteiger partial charge in [0.15, 0.2) is 5.82 Å². The molecule has 1 aromatic heterocycles. The minimum Gasteiger partial charge on any atom is -0.453 e. The van der Waals surface area contributed by atoms with Gasteiger partial charge in [0, 0.05) is 6.20 Å². The van der Waals surface area contributed by atoms with Crippen LogP contribution in [0.15, 0.2) is 18.3 Å². The third kappa shape index (κ3) is 4.00. The van der Waals surface area contributed by atoms with E-state index < -0.39 is 12.1 Å². The number of ether oxygens (including phenoxy) is 1. The number of rotatable bonds is 4. The Morgan fingerprint density at radius 3 is 2.61 bits per heavy atom. The molecule has 0 saturated heterocycles. The number of nitrogens with one attached hydrogen (secondary N) is 2. The third-order valence-electron chi connectivity index (χ3n) is 2.23. The van der Waals surface area contributed by atoms with Crippen molar-refractivity contribution in [2.45, 2.75) is 19.9 Å². The maximum absolute atomic E-state index is 12.0. The van der Waals surface area contributed by atoms with Crippen LogP contribution in [0.1, 0.15) is 13.8 Å². The Bertz CT molecular complexity index is 408. The van der Waals surface area contributed by atoms with Crippen LogP contribution < -0.4 is 10.6 Å². The summed E-state index contributed by atoms with van der Waals surface area (Å²) in [5.41, 5.74) is 0. The van der Waals surface area contributed by atoms with Crippen LogP contribution in [0.3, 0.4) is 0 Å². The molecule has 0 aliphatic carbocycles. The van der Waals surface area contributed by atoms with Crippen LogP contribution in [0.2, 0.25) is 0 Å². The first-order valence-corrected chi connectivity index (χ1v) is 5.47. The van der Waals surface area contributed by atoms with Gasteiger partial charge >= 0.3 is 6.09 Å². The number of hydrogen-bond donors (Lipinski definition) is 2. The molecule has 0 aromatic carbocycles. The molecule has 98 valence electrons. The number of carbonyl (C=O) groups excluding carboxylic acids is 2.